The zero-order valence-electron chi connectivity index (χ0n) is 12.3. The Bertz CT molecular complexity index is 531. The van der Waals surface area contributed by atoms with Crippen LogP contribution in [0.25, 0.3) is 0 Å². The maximum atomic E-state index is 12.2. The number of ether oxygens (including phenoxy) is 1. The Morgan fingerprint density at radius 1 is 1.48 bits per heavy atom. The van der Waals surface area contributed by atoms with Gasteiger partial charge >= 0.3 is 11.9 Å². The van der Waals surface area contributed by atoms with Crippen LogP contribution in [0.1, 0.15) is 27.2 Å². The molecule has 0 unspecified atom stereocenters. The van der Waals surface area contributed by atoms with E-state index in [0.29, 0.717) is 5.71 Å². The molecule has 0 aromatic rings. The fourth-order valence-corrected chi connectivity index (χ4v) is 4.29. The zero-order chi connectivity index (χ0) is 15.9. The van der Waals surface area contributed by atoms with Gasteiger partial charge in [0.1, 0.15) is 11.4 Å². The number of esters is 1. The molecule has 116 valence electrons. The molecule has 0 saturated carbocycles. The Kier molecular flexibility index (Phi) is 4.01. The third-order valence-electron chi connectivity index (χ3n) is 3.63. The number of hydrogen-bond donors (Lipinski definition) is 1. The van der Waals surface area contributed by atoms with E-state index in [1.807, 2.05) is 13.8 Å². The van der Waals surface area contributed by atoms with Crippen molar-refractivity contribution in [1.29, 1.82) is 0 Å². The standard InChI is InChI=1S/C13H18N2O5S/c1-6(5-7(16)20-4)14-8-10(17)15-9(12(18)19)13(2,3)21-11(8)15/h8-9,11H,5H2,1-4H3,(H,18,19)/t8-,9+,11-/m1/s1. The molecule has 2 heterocycles. The molecule has 2 rings (SSSR count). The van der Waals surface area contributed by atoms with Gasteiger partial charge in [0, 0.05) is 10.5 Å². The van der Waals surface area contributed by atoms with Gasteiger partial charge in [-0.25, -0.2) is 4.79 Å². The summed E-state index contributed by atoms with van der Waals surface area (Å²) in [6.45, 7) is 5.28. The van der Waals surface area contributed by atoms with E-state index >= 15 is 0 Å². The number of aliphatic imine (C=N–C) groups is 1. The predicted octanol–water partition coefficient (Wildman–Crippen LogP) is 0.526. The summed E-state index contributed by atoms with van der Waals surface area (Å²) in [5.41, 5.74) is 0.511. The van der Waals surface area contributed by atoms with Crippen LogP contribution in [-0.2, 0) is 19.1 Å². The van der Waals surface area contributed by atoms with Gasteiger partial charge in [-0.15, -0.1) is 11.8 Å². The number of carboxylic acid groups (broad SMARTS) is 1. The minimum atomic E-state index is -1.00. The van der Waals surface area contributed by atoms with Gasteiger partial charge in [-0.05, 0) is 20.8 Å². The lowest BCUT2D eigenvalue weighted by atomic mass is 9.96. The van der Waals surface area contributed by atoms with Gasteiger partial charge in [-0.1, -0.05) is 0 Å². The van der Waals surface area contributed by atoms with Crippen molar-refractivity contribution in [3.8, 4) is 0 Å². The van der Waals surface area contributed by atoms with E-state index in [1.54, 1.807) is 6.92 Å². The summed E-state index contributed by atoms with van der Waals surface area (Å²) in [6, 6.07) is -1.45. The number of carbonyl (C=O) groups is 3. The summed E-state index contributed by atoms with van der Waals surface area (Å²) < 4.78 is 3.99. The first-order valence-corrected chi connectivity index (χ1v) is 7.40. The fourth-order valence-electron chi connectivity index (χ4n) is 2.68. The number of hydrogen-bond acceptors (Lipinski definition) is 6. The Morgan fingerprint density at radius 2 is 2.10 bits per heavy atom. The number of thioether (sulfide) groups is 1. The van der Waals surface area contributed by atoms with Crippen LogP contribution in [0.5, 0.6) is 0 Å². The van der Waals surface area contributed by atoms with Gasteiger partial charge in [0.25, 0.3) is 5.91 Å². The van der Waals surface area contributed by atoms with E-state index in [4.69, 9.17) is 0 Å². The lowest BCUT2D eigenvalue weighted by Gasteiger charge is -2.41. The Balaban J connectivity index is 2.15. The van der Waals surface area contributed by atoms with E-state index < -0.39 is 28.8 Å². The van der Waals surface area contributed by atoms with Gasteiger partial charge in [0.2, 0.25) is 0 Å². The maximum absolute atomic E-state index is 12.2. The van der Waals surface area contributed by atoms with Gasteiger partial charge in [-0.2, -0.15) is 0 Å². The van der Waals surface area contributed by atoms with Crippen molar-refractivity contribution in [3.63, 3.8) is 0 Å². The Labute approximate surface area is 126 Å². The number of fused-ring (bicyclic) bond motifs is 1. The van der Waals surface area contributed by atoms with Crippen molar-refractivity contribution in [2.24, 2.45) is 4.99 Å². The van der Waals surface area contributed by atoms with E-state index in [-0.39, 0.29) is 17.7 Å². The first kappa shape index (κ1) is 15.8. The number of methoxy groups -OCH3 is 1. The smallest absolute Gasteiger partial charge is 0.327 e. The molecule has 8 heteroatoms. The number of β-lactam (4-membered cyclic amide) rings is 1. The number of carbonyl (C=O) groups excluding carboxylic acids is 2. The van der Waals surface area contributed by atoms with E-state index in [2.05, 4.69) is 9.73 Å². The van der Waals surface area contributed by atoms with Gasteiger partial charge < -0.3 is 14.7 Å². The molecule has 2 aliphatic rings. The minimum absolute atomic E-state index is 0.0312. The van der Waals surface area contributed by atoms with Crippen molar-refractivity contribution in [2.75, 3.05) is 7.11 Å². The van der Waals surface area contributed by atoms with Gasteiger partial charge in [0.05, 0.1) is 13.5 Å². The SMILES string of the molecule is COC(=O)CC(C)=N[C@@H]1C(=O)N2[C@@H]1SC(C)(C)[C@@H]2C(=O)O. The third kappa shape index (κ3) is 2.64. The molecule has 0 aromatic carbocycles. The molecule has 2 saturated heterocycles. The highest BCUT2D eigenvalue weighted by atomic mass is 32.2. The number of rotatable bonds is 4. The normalized spacial score (nSPS) is 30.7. The zero-order valence-corrected chi connectivity index (χ0v) is 13.1. The molecular weight excluding hydrogens is 296 g/mol. The summed E-state index contributed by atoms with van der Waals surface area (Å²) in [7, 11) is 1.29. The van der Waals surface area contributed by atoms with Crippen LogP contribution in [-0.4, -0.2) is 62.9 Å². The lowest BCUT2D eigenvalue weighted by molar-refractivity contribution is -0.158. The largest absolute Gasteiger partial charge is 0.480 e. The highest BCUT2D eigenvalue weighted by Gasteiger charge is 2.63. The monoisotopic (exact) mass is 314 g/mol. The second-order valence-electron chi connectivity index (χ2n) is 5.66. The van der Waals surface area contributed by atoms with Crippen molar-refractivity contribution in [2.45, 2.75) is 49.4 Å². The van der Waals surface area contributed by atoms with E-state index in [0.717, 1.165) is 0 Å². The van der Waals surface area contributed by atoms with Crippen LogP contribution < -0.4 is 0 Å². The van der Waals surface area contributed by atoms with E-state index in [9.17, 15) is 19.5 Å². The first-order chi connectivity index (χ1) is 9.69. The average Bonchev–Trinajstić information content (AvgIpc) is 2.64. The van der Waals surface area contributed by atoms with Crippen LogP contribution in [0.2, 0.25) is 0 Å². The first-order valence-electron chi connectivity index (χ1n) is 6.52. The number of aliphatic carboxylic acids is 1. The number of nitrogens with zero attached hydrogens (tertiary/aromatic N) is 2. The topological polar surface area (TPSA) is 96.3 Å². The van der Waals surface area contributed by atoms with Crippen molar-refractivity contribution >= 4 is 35.3 Å². The second kappa shape index (κ2) is 5.32. The summed E-state index contributed by atoms with van der Waals surface area (Å²) >= 11 is 1.43. The van der Waals surface area contributed by atoms with Gasteiger partial charge in [0.15, 0.2) is 6.04 Å². The van der Waals surface area contributed by atoms with Crippen LogP contribution in [0, 0.1) is 0 Å². The summed E-state index contributed by atoms with van der Waals surface area (Å²) in [4.78, 5) is 40.4. The molecule has 0 aromatic heterocycles. The molecular formula is C13H18N2O5S. The molecule has 2 aliphatic heterocycles. The average molecular weight is 314 g/mol. The van der Waals surface area contributed by atoms with E-state index in [1.165, 1.54) is 23.8 Å². The lowest BCUT2D eigenvalue weighted by Crippen LogP contribution is -2.65. The molecule has 2 fully saturated rings. The van der Waals surface area contributed by atoms with Crippen LogP contribution in [0.15, 0.2) is 4.99 Å². The summed E-state index contributed by atoms with van der Waals surface area (Å²) in [5.74, 6) is -1.71. The molecule has 3 atom stereocenters. The Morgan fingerprint density at radius 3 is 2.62 bits per heavy atom. The number of amides is 1. The summed E-state index contributed by atoms with van der Waals surface area (Å²) in [5, 5.41) is 9.03. The molecule has 21 heavy (non-hydrogen) atoms. The maximum Gasteiger partial charge on any atom is 0.327 e. The van der Waals surface area contributed by atoms with Crippen LogP contribution in [0.3, 0.4) is 0 Å². The molecule has 0 radical (unpaired) electrons. The fraction of sp³-hybridized carbons (Fsp3) is 0.692. The quantitative estimate of drug-likeness (QED) is 0.462. The highest BCUT2D eigenvalue weighted by Crippen LogP contribution is 2.51. The predicted molar refractivity (Wildman–Crippen MR) is 77.3 cm³/mol. The highest BCUT2D eigenvalue weighted by molar-refractivity contribution is 8.01. The van der Waals surface area contributed by atoms with Crippen molar-refractivity contribution < 1.29 is 24.2 Å². The molecule has 7 nitrogen and oxygen atoms in total. The molecule has 0 bridgehead atoms. The van der Waals surface area contributed by atoms with Crippen molar-refractivity contribution in [3.05, 3.63) is 0 Å². The summed E-state index contributed by atoms with van der Waals surface area (Å²) in [6.07, 6.45) is 0.0312. The number of carboxylic acids is 1. The van der Waals surface area contributed by atoms with Crippen molar-refractivity contribution in [1.82, 2.24) is 4.90 Å². The third-order valence-corrected chi connectivity index (χ3v) is 5.19. The molecule has 0 spiro atoms. The molecule has 0 aliphatic carbocycles. The van der Waals surface area contributed by atoms with Crippen LogP contribution in [0.4, 0.5) is 0 Å². The minimum Gasteiger partial charge on any atom is -0.480 e. The Hall–Kier alpha value is -1.57. The van der Waals surface area contributed by atoms with Gasteiger partial charge in [-0.3, -0.25) is 14.6 Å². The second-order valence-corrected chi connectivity index (χ2v) is 7.43. The molecule has 1 amide bonds. The molecule has 1 N–H and O–H groups in total. The van der Waals surface area contributed by atoms with Crippen LogP contribution >= 0.6 is 11.8 Å².